The molecule has 2 atom stereocenters. The van der Waals surface area contributed by atoms with E-state index < -0.39 is 0 Å². The molecular weight excluding hydrogens is 378 g/mol. The van der Waals surface area contributed by atoms with Gasteiger partial charge in [0.05, 0.1) is 4.88 Å². The van der Waals surface area contributed by atoms with Crippen LogP contribution in [0.3, 0.4) is 0 Å². The lowest BCUT2D eigenvalue weighted by Gasteiger charge is -2.17. The van der Waals surface area contributed by atoms with Crippen LogP contribution in [0, 0.1) is 0 Å². The zero-order valence-electron chi connectivity index (χ0n) is 14.7. The van der Waals surface area contributed by atoms with E-state index in [9.17, 15) is 0 Å². The van der Waals surface area contributed by atoms with Gasteiger partial charge in [-0.25, -0.2) is 0 Å². The third-order valence-electron chi connectivity index (χ3n) is 4.39. The fourth-order valence-electron chi connectivity index (χ4n) is 3.03. The summed E-state index contributed by atoms with van der Waals surface area (Å²) in [4.78, 5) is 1.29. The highest BCUT2D eigenvalue weighted by Crippen LogP contribution is 2.25. The second-order valence-electron chi connectivity index (χ2n) is 6.34. The molecule has 2 heterocycles. The zero-order valence-corrected chi connectivity index (χ0v) is 16.3. The summed E-state index contributed by atoms with van der Waals surface area (Å²) in [7, 11) is 0. The Kier molecular flexibility index (Phi) is 5.34. The molecule has 2 N–H and O–H groups in total. The molecule has 4 rings (SSSR count). The van der Waals surface area contributed by atoms with Gasteiger partial charge in [0.2, 0.25) is 5.89 Å². The van der Waals surface area contributed by atoms with Gasteiger partial charge in [0, 0.05) is 16.1 Å². The van der Waals surface area contributed by atoms with Crippen LogP contribution in [0.15, 0.2) is 76.5 Å². The summed E-state index contributed by atoms with van der Waals surface area (Å²) >= 11 is 7.82. The number of nitrogens with zero attached hydrogens (tertiary/aromatic N) is 2. The number of nitrogens with two attached hydrogens (primary N) is 1. The van der Waals surface area contributed by atoms with E-state index in [0.717, 1.165) is 5.56 Å². The van der Waals surface area contributed by atoms with Crippen LogP contribution < -0.4 is 5.32 Å². The Morgan fingerprint density at radius 3 is 2.59 bits per heavy atom. The van der Waals surface area contributed by atoms with E-state index in [1.165, 1.54) is 10.4 Å². The van der Waals surface area contributed by atoms with Crippen LogP contribution in [0.25, 0.3) is 11.5 Å². The van der Waals surface area contributed by atoms with Gasteiger partial charge >= 0.3 is 0 Å². The van der Waals surface area contributed by atoms with Crippen LogP contribution in [0.4, 0.5) is 0 Å². The van der Waals surface area contributed by atoms with Crippen molar-refractivity contribution < 1.29 is 9.73 Å². The van der Waals surface area contributed by atoms with Gasteiger partial charge in [-0.15, -0.1) is 21.5 Å². The molecule has 2 aromatic heterocycles. The maximum absolute atomic E-state index is 6.06. The summed E-state index contributed by atoms with van der Waals surface area (Å²) < 4.78 is 5.93. The number of thiophene rings is 1. The Balaban J connectivity index is 1.58. The molecule has 0 unspecified atom stereocenters. The predicted molar refractivity (Wildman–Crippen MR) is 108 cm³/mol. The molecule has 27 heavy (non-hydrogen) atoms. The molecule has 0 saturated carbocycles. The van der Waals surface area contributed by atoms with Gasteiger partial charge in [0.1, 0.15) is 6.04 Å². The van der Waals surface area contributed by atoms with Crippen LogP contribution in [0.1, 0.15) is 35.3 Å². The molecule has 4 nitrogen and oxygen atoms in total. The van der Waals surface area contributed by atoms with Crippen LogP contribution in [-0.4, -0.2) is 10.2 Å². The van der Waals surface area contributed by atoms with Crippen LogP contribution >= 0.6 is 22.9 Å². The van der Waals surface area contributed by atoms with Crippen LogP contribution in [0.5, 0.6) is 0 Å². The quantitative estimate of drug-likeness (QED) is 0.506. The van der Waals surface area contributed by atoms with Crippen molar-refractivity contribution in [1.29, 1.82) is 0 Å². The van der Waals surface area contributed by atoms with Gasteiger partial charge in [-0.05, 0) is 36.6 Å². The van der Waals surface area contributed by atoms with Gasteiger partial charge in [0.25, 0.3) is 5.89 Å². The standard InChI is InChI=1S/C21H18ClN3OS/c1-14(20-24-25-21(26-20)16-9-5-10-17(22)13-16)23-19(18-11-6-12-27-18)15-7-3-2-4-8-15/h2-14,19,23H,1H3/p+1/t14-,19-/m0/s1. The summed E-state index contributed by atoms with van der Waals surface area (Å²) in [5.74, 6) is 1.09. The molecule has 0 aliphatic rings. The third kappa shape index (κ3) is 4.11. The van der Waals surface area contributed by atoms with Crippen molar-refractivity contribution in [1.82, 2.24) is 10.2 Å². The molecule has 0 aliphatic heterocycles. The number of quaternary nitrogens is 1. The van der Waals surface area contributed by atoms with Crippen molar-refractivity contribution in [2.24, 2.45) is 0 Å². The molecule has 0 saturated heterocycles. The van der Waals surface area contributed by atoms with E-state index in [1.54, 1.807) is 11.3 Å². The Morgan fingerprint density at radius 1 is 1.00 bits per heavy atom. The minimum Gasteiger partial charge on any atom is -0.415 e. The minimum absolute atomic E-state index is 0.0118. The van der Waals surface area contributed by atoms with Gasteiger partial charge in [-0.3, -0.25) is 0 Å². The van der Waals surface area contributed by atoms with Crippen molar-refractivity contribution >= 4 is 22.9 Å². The molecule has 6 heteroatoms. The van der Waals surface area contributed by atoms with E-state index in [2.05, 4.69) is 64.2 Å². The maximum atomic E-state index is 6.06. The van der Waals surface area contributed by atoms with Crippen molar-refractivity contribution in [3.05, 3.63) is 93.5 Å². The lowest BCUT2D eigenvalue weighted by molar-refractivity contribution is -0.725. The topological polar surface area (TPSA) is 55.5 Å². The van der Waals surface area contributed by atoms with Crippen molar-refractivity contribution in [3.63, 3.8) is 0 Å². The van der Waals surface area contributed by atoms with E-state index in [4.69, 9.17) is 16.0 Å². The normalized spacial score (nSPS) is 13.4. The highest BCUT2D eigenvalue weighted by molar-refractivity contribution is 7.10. The monoisotopic (exact) mass is 396 g/mol. The summed E-state index contributed by atoms with van der Waals surface area (Å²) in [6.45, 7) is 2.08. The van der Waals surface area contributed by atoms with Crippen molar-refractivity contribution in [2.75, 3.05) is 0 Å². The van der Waals surface area contributed by atoms with E-state index in [1.807, 2.05) is 30.3 Å². The summed E-state index contributed by atoms with van der Waals surface area (Å²) in [5, 5.41) is 13.5. The predicted octanol–water partition coefficient (Wildman–Crippen LogP) is 4.87. The first-order valence-corrected chi connectivity index (χ1v) is 9.99. The molecule has 0 amide bonds. The minimum atomic E-state index is 0.0118. The molecule has 0 spiro atoms. The molecule has 4 aromatic rings. The van der Waals surface area contributed by atoms with E-state index in [0.29, 0.717) is 16.8 Å². The van der Waals surface area contributed by atoms with Crippen LogP contribution in [0.2, 0.25) is 5.02 Å². The molecule has 136 valence electrons. The Bertz CT molecular complexity index is 1000. The number of rotatable bonds is 6. The van der Waals surface area contributed by atoms with E-state index >= 15 is 0 Å². The average molecular weight is 397 g/mol. The SMILES string of the molecule is C[C@H]([NH2+][C@@H](c1ccccc1)c1cccs1)c1nnc(-c2cccc(Cl)c2)o1. The first-order valence-electron chi connectivity index (χ1n) is 8.73. The fourth-order valence-corrected chi connectivity index (χ4v) is 4.05. The lowest BCUT2D eigenvalue weighted by atomic mass is 10.0. The van der Waals surface area contributed by atoms with Crippen LogP contribution in [-0.2, 0) is 0 Å². The average Bonchev–Trinajstić information content (AvgIpc) is 3.39. The molecule has 2 aromatic carbocycles. The highest BCUT2D eigenvalue weighted by atomic mass is 35.5. The smallest absolute Gasteiger partial charge is 0.274 e. The summed E-state index contributed by atoms with van der Waals surface area (Å²) in [5.41, 5.74) is 2.08. The molecule has 0 bridgehead atoms. The molecule has 0 fully saturated rings. The van der Waals surface area contributed by atoms with Crippen molar-refractivity contribution in [2.45, 2.75) is 19.0 Å². The zero-order chi connectivity index (χ0) is 18.6. The maximum Gasteiger partial charge on any atom is 0.274 e. The first kappa shape index (κ1) is 17.9. The summed E-state index contributed by atoms with van der Waals surface area (Å²) in [6, 6.07) is 22.4. The van der Waals surface area contributed by atoms with Gasteiger partial charge in [0.15, 0.2) is 6.04 Å². The second kappa shape index (κ2) is 8.05. The first-order chi connectivity index (χ1) is 13.2. The highest BCUT2D eigenvalue weighted by Gasteiger charge is 2.25. The number of hydrogen-bond acceptors (Lipinski definition) is 4. The van der Waals surface area contributed by atoms with Crippen molar-refractivity contribution in [3.8, 4) is 11.5 Å². The second-order valence-corrected chi connectivity index (χ2v) is 7.76. The molecule has 0 aliphatic carbocycles. The molecular formula is C21H19ClN3OS+. The Labute approximate surface area is 166 Å². The molecule has 0 radical (unpaired) electrons. The third-order valence-corrected chi connectivity index (χ3v) is 5.58. The van der Waals surface area contributed by atoms with Gasteiger partial charge < -0.3 is 9.73 Å². The lowest BCUT2D eigenvalue weighted by Crippen LogP contribution is -2.85. The number of benzene rings is 2. The van der Waals surface area contributed by atoms with Gasteiger partial charge in [-0.1, -0.05) is 54.1 Å². The van der Waals surface area contributed by atoms with Gasteiger partial charge in [-0.2, -0.15) is 0 Å². The number of halogens is 1. The van der Waals surface area contributed by atoms with E-state index in [-0.39, 0.29) is 12.1 Å². The Morgan fingerprint density at radius 2 is 1.85 bits per heavy atom. The largest absolute Gasteiger partial charge is 0.415 e. The number of aromatic nitrogens is 2. The Hall–Kier alpha value is -2.47. The summed E-state index contributed by atoms with van der Waals surface area (Å²) in [6.07, 6.45) is 0. The fraction of sp³-hybridized carbons (Fsp3) is 0.143. The number of hydrogen-bond donors (Lipinski definition) is 1.